The molecule has 1 aromatic carbocycles. The number of hydrogen-bond acceptors (Lipinski definition) is 2. The highest BCUT2D eigenvalue weighted by atomic mass is 19.3. The molecule has 0 aliphatic heterocycles. The van der Waals surface area contributed by atoms with E-state index in [1.165, 1.54) is 18.2 Å². The lowest BCUT2D eigenvalue weighted by atomic mass is 9.83. The number of benzene rings is 1. The first kappa shape index (κ1) is 15.8. The van der Waals surface area contributed by atoms with Crippen molar-refractivity contribution in [3.8, 4) is 5.75 Å². The van der Waals surface area contributed by atoms with Gasteiger partial charge in [-0.25, -0.2) is 0 Å². The highest BCUT2D eigenvalue weighted by molar-refractivity contribution is 5.31. The zero-order valence-electron chi connectivity index (χ0n) is 11.0. The van der Waals surface area contributed by atoms with Gasteiger partial charge in [-0.2, -0.15) is 17.6 Å². The molecule has 2 N–H and O–H groups in total. The van der Waals surface area contributed by atoms with E-state index in [1.807, 2.05) is 20.8 Å². The number of nitrogens with two attached hydrogens (primary N) is 1. The van der Waals surface area contributed by atoms with E-state index in [-0.39, 0.29) is 11.2 Å². The van der Waals surface area contributed by atoms with E-state index in [0.717, 1.165) is 0 Å². The summed E-state index contributed by atoms with van der Waals surface area (Å²) in [6.07, 6.45) is -8.39. The van der Waals surface area contributed by atoms with Crippen LogP contribution in [0, 0.1) is 5.41 Å². The van der Waals surface area contributed by atoms with E-state index >= 15 is 0 Å². The van der Waals surface area contributed by atoms with E-state index in [1.54, 1.807) is 6.07 Å². The number of hydrogen-bond donors (Lipinski definition) is 1. The molecule has 0 aromatic heterocycles. The number of alkyl halides is 4. The molecular formula is C13H17F4NO. The Labute approximate surface area is 109 Å². The fourth-order valence-electron chi connectivity index (χ4n) is 1.47. The molecule has 0 radical (unpaired) electrons. The molecule has 0 saturated carbocycles. The molecule has 1 aromatic rings. The minimum absolute atomic E-state index is 0.288. The summed E-state index contributed by atoms with van der Waals surface area (Å²) in [7, 11) is 0. The Hall–Kier alpha value is -1.30. The van der Waals surface area contributed by atoms with Crippen molar-refractivity contribution in [1.82, 2.24) is 0 Å². The summed E-state index contributed by atoms with van der Waals surface area (Å²) in [5, 5.41) is 0. The Morgan fingerprint density at radius 2 is 1.74 bits per heavy atom. The van der Waals surface area contributed by atoms with Crippen molar-refractivity contribution in [3.63, 3.8) is 0 Å². The number of rotatable bonds is 4. The van der Waals surface area contributed by atoms with Crippen LogP contribution in [-0.4, -0.2) is 12.5 Å². The van der Waals surface area contributed by atoms with Gasteiger partial charge >= 0.3 is 12.5 Å². The largest absolute Gasteiger partial charge is 0.461 e. The zero-order chi connectivity index (χ0) is 14.8. The maximum atomic E-state index is 12.8. The molecule has 2 nitrogen and oxygen atoms in total. The highest BCUT2D eigenvalue weighted by Gasteiger charge is 2.44. The smallest absolute Gasteiger partial charge is 0.428 e. The van der Waals surface area contributed by atoms with Crippen LogP contribution < -0.4 is 10.5 Å². The Morgan fingerprint density at radius 3 is 2.21 bits per heavy atom. The zero-order valence-corrected chi connectivity index (χ0v) is 11.0. The van der Waals surface area contributed by atoms with E-state index < -0.39 is 18.6 Å². The Morgan fingerprint density at radius 1 is 1.16 bits per heavy atom. The minimum Gasteiger partial charge on any atom is -0.428 e. The van der Waals surface area contributed by atoms with Crippen LogP contribution in [0.5, 0.6) is 5.75 Å². The van der Waals surface area contributed by atoms with Gasteiger partial charge in [-0.3, -0.25) is 0 Å². The van der Waals surface area contributed by atoms with Gasteiger partial charge in [0.1, 0.15) is 5.75 Å². The summed E-state index contributed by atoms with van der Waals surface area (Å²) >= 11 is 0. The van der Waals surface area contributed by atoms with Crippen molar-refractivity contribution in [2.75, 3.05) is 0 Å². The standard InChI is InChI=1S/C13H17F4NO/c1-12(2,3)10(18)8-5-4-6-9(7-8)19-13(16,17)11(14)15/h4-7,10-11H,18H2,1-3H3/t10-/m0/s1. The number of halogens is 4. The summed E-state index contributed by atoms with van der Waals surface area (Å²) in [6, 6.07) is 5.11. The van der Waals surface area contributed by atoms with E-state index in [9.17, 15) is 17.6 Å². The van der Waals surface area contributed by atoms with Crippen molar-refractivity contribution >= 4 is 0 Å². The summed E-state index contributed by atoms with van der Waals surface area (Å²) < 4.78 is 53.7. The molecule has 1 rings (SSSR count). The van der Waals surface area contributed by atoms with Crippen LogP contribution in [-0.2, 0) is 0 Å². The van der Waals surface area contributed by atoms with Crippen LogP contribution in [0.1, 0.15) is 32.4 Å². The van der Waals surface area contributed by atoms with E-state index in [0.29, 0.717) is 5.56 Å². The van der Waals surface area contributed by atoms with E-state index in [4.69, 9.17) is 5.73 Å². The van der Waals surface area contributed by atoms with Gasteiger partial charge in [0.05, 0.1) is 0 Å². The van der Waals surface area contributed by atoms with Crippen molar-refractivity contribution in [1.29, 1.82) is 0 Å². The van der Waals surface area contributed by atoms with Gasteiger partial charge in [-0.05, 0) is 23.1 Å². The summed E-state index contributed by atoms with van der Waals surface area (Å²) in [5.74, 6) is -0.331. The molecule has 0 bridgehead atoms. The third-order valence-corrected chi connectivity index (χ3v) is 2.66. The summed E-state index contributed by atoms with van der Waals surface area (Å²) in [5.41, 5.74) is 6.24. The molecule has 0 amide bonds. The molecule has 0 unspecified atom stereocenters. The lowest BCUT2D eigenvalue weighted by Gasteiger charge is -2.28. The second-order valence-corrected chi connectivity index (χ2v) is 5.38. The third kappa shape index (κ3) is 4.09. The first-order valence-electron chi connectivity index (χ1n) is 5.74. The second kappa shape index (κ2) is 5.36. The lowest BCUT2D eigenvalue weighted by Crippen LogP contribution is -2.33. The SMILES string of the molecule is CC(C)(C)[C@@H](N)c1cccc(OC(F)(F)C(F)F)c1. The van der Waals surface area contributed by atoms with Crippen molar-refractivity contribution < 1.29 is 22.3 Å². The van der Waals surface area contributed by atoms with Gasteiger partial charge in [-0.1, -0.05) is 32.9 Å². The van der Waals surface area contributed by atoms with Crippen molar-refractivity contribution in [2.24, 2.45) is 11.1 Å². The topological polar surface area (TPSA) is 35.2 Å². The molecule has 0 fully saturated rings. The fraction of sp³-hybridized carbons (Fsp3) is 0.538. The molecule has 0 aliphatic rings. The highest BCUT2D eigenvalue weighted by Crippen LogP contribution is 2.33. The van der Waals surface area contributed by atoms with Gasteiger partial charge in [0.25, 0.3) is 0 Å². The minimum atomic E-state index is -4.51. The Balaban J connectivity index is 2.96. The van der Waals surface area contributed by atoms with Gasteiger partial charge in [-0.15, -0.1) is 0 Å². The normalized spacial score (nSPS) is 14.6. The van der Waals surface area contributed by atoms with Crippen LogP contribution in [0.25, 0.3) is 0 Å². The summed E-state index contributed by atoms with van der Waals surface area (Å²) in [6.45, 7) is 5.66. The molecule has 0 saturated heterocycles. The molecular weight excluding hydrogens is 262 g/mol. The van der Waals surface area contributed by atoms with Gasteiger partial charge in [0.2, 0.25) is 0 Å². The maximum Gasteiger partial charge on any atom is 0.461 e. The van der Waals surface area contributed by atoms with Gasteiger partial charge in [0, 0.05) is 6.04 Å². The second-order valence-electron chi connectivity index (χ2n) is 5.38. The molecule has 19 heavy (non-hydrogen) atoms. The monoisotopic (exact) mass is 279 g/mol. The molecule has 108 valence electrons. The van der Waals surface area contributed by atoms with Crippen LogP contribution in [0.4, 0.5) is 17.6 Å². The third-order valence-electron chi connectivity index (χ3n) is 2.66. The average Bonchev–Trinajstić information content (AvgIpc) is 2.26. The maximum absolute atomic E-state index is 12.8. The molecule has 0 aliphatic carbocycles. The van der Waals surface area contributed by atoms with Crippen LogP contribution >= 0.6 is 0 Å². The predicted molar refractivity (Wildman–Crippen MR) is 64.4 cm³/mol. The van der Waals surface area contributed by atoms with Crippen molar-refractivity contribution in [3.05, 3.63) is 29.8 Å². The quantitative estimate of drug-likeness (QED) is 0.846. The van der Waals surface area contributed by atoms with Crippen LogP contribution in [0.3, 0.4) is 0 Å². The first-order chi connectivity index (χ1) is 8.54. The van der Waals surface area contributed by atoms with Crippen molar-refractivity contribution in [2.45, 2.75) is 39.3 Å². The van der Waals surface area contributed by atoms with E-state index in [2.05, 4.69) is 4.74 Å². The Kier molecular flexibility index (Phi) is 4.45. The fourth-order valence-corrected chi connectivity index (χ4v) is 1.47. The van der Waals surface area contributed by atoms with Crippen LogP contribution in [0.15, 0.2) is 24.3 Å². The first-order valence-corrected chi connectivity index (χ1v) is 5.74. The summed E-state index contributed by atoms with van der Waals surface area (Å²) in [4.78, 5) is 0. The Bertz CT molecular complexity index is 429. The number of ether oxygens (including phenoxy) is 1. The predicted octanol–water partition coefficient (Wildman–Crippen LogP) is 3.97. The lowest BCUT2D eigenvalue weighted by molar-refractivity contribution is -0.253. The van der Waals surface area contributed by atoms with Crippen LogP contribution in [0.2, 0.25) is 0 Å². The molecule has 0 heterocycles. The van der Waals surface area contributed by atoms with Gasteiger partial charge in [0.15, 0.2) is 0 Å². The molecule has 6 heteroatoms. The average molecular weight is 279 g/mol. The van der Waals surface area contributed by atoms with Gasteiger partial charge < -0.3 is 10.5 Å². The molecule has 1 atom stereocenters. The molecule has 0 spiro atoms.